The molecule has 0 bridgehead atoms. The number of aliphatic imine (C=N–C) groups is 1. The fourth-order valence-electron chi connectivity index (χ4n) is 3.12. The Balaban J connectivity index is 2.01. The molecule has 0 saturated heterocycles. The van der Waals surface area contributed by atoms with Crippen LogP contribution in [0.25, 0.3) is 11.1 Å². The van der Waals surface area contributed by atoms with Crippen LogP contribution in [0.5, 0.6) is 11.5 Å². The number of anilines is 1. The fraction of sp³-hybridized carbons (Fsp3) is 0.238. The van der Waals surface area contributed by atoms with Gasteiger partial charge in [0.15, 0.2) is 11.5 Å². The Hall–Kier alpha value is -3.48. The van der Waals surface area contributed by atoms with E-state index in [0.29, 0.717) is 35.0 Å². The predicted octanol–water partition coefficient (Wildman–Crippen LogP) is 4.09. The zero-order chi connectivity index (χ0) is 20.1. The smallest absolute Gasteiger partial charge is 0.230 e. The summed E-state index contributed by atoms with van der Waals surface area (Å²) in [5.74, 6) is 0.741. The van der Waals surface area contributed by atoms with Gasteiger partial charge in [0.25, 0.3) is 0 Å². The molecule has 7 heteroatoms. The summed E-state index contributed by atoms with van der Waals surface area (Å²) in [7, 11) is 3.17. The lowest BCUT2D eigenvalue weighted by atomic mass is 9.98. The first-order chi connectivity index (χ1) is 13.6. The number of benzene rings is 2. The summed E-state index contributed by atoms with van der Waals surface area (Å²) in [6.45, 7) is 0. The van der Waals surface area contributed by atoms with Crippen LogP contribution in [0.15, 0.2) is 41.4 Å². The van der Waals surface area contributed by atoms with Crippen molar-refractivity contribution in [1.29, 1.82) is 10.8 Å². The first-order valence-corrected chi connectivity index (χ1v) is 8.83. The van der Waals surface area contributed by atoms with Gasteiger partial charge in [-0.3, -0.25) is 9.79 Å². The second-order valence-electron chi connectivity index (χ2n) is 6.34. The van der Waals surface area contributed by atoms with Crippen LogP contribution in [0.4, 0.5) is 11.4 Å². The van der Waals surface area contributed by atoms with Crippen molar-refractivity contribution in [3.63, 3.8) is 0 Å². The average Bonchev–Trinajstić information content (AvgIpc) is 2.88. The van der Waals surface area contributed by atoms with E-state index in [1.165, 1.54) is 12.4 Å². The molecule has 0 aliphatic carbocycles. The molecular weight excluding hydrogens is 356 g/mol. The number of carbonyl (C=O) groups is 1. The third-order valence-corrected chi connectivity index (χ3v) is 4.59. The summed E-state index contributed by atoms with van der Waals surface area (Å²) in [6.07, 6.45) is 2.94. The molecule has 0 radical (unpaired) electrons. The van der Waals surface area contributed by atoms with Crippen LogP contribution in [0.3, 0.4) is 0 Å². The monoisotopic (exact) mass is 378 g/mol. The summed E-state index contributed by atoms with van der Waals surface area (Å²) in [4.78, 5) is 17.0. The lowest BCUT2D eigenvalue weighted by Gasteiger charge is -2.12. The number of nitrogens with zero attached hydrogens (tertiary/aromatic N) is 1. The van der Waals surface area contributed by atoms with Gasteiger partial charge in [-0.2, -0.15) is 0 Å². The lowest BCUT2D eigenvalue weighted by Crippen LogP contribution is -2.21. The van der Waals surface area contributed by atoms with E-state index in [9.17, 15) is 4.79 Å². The molecule has 2 aromatic carbocycles. The van der Waals surface area contributed by atoms with Crippen LogP contribution in [-0.2, 0) is 4.79 Å². The second-order valence-corrected chi connectivity index (χ2v) is 6.34. The Morgan fingerprint density at radius 1 is 1.11 bits per heavy atom. The summed E-state index contributed by atoms with van der Waals surface area (Å²) in [5.41, 5.74) is 3.67. The van der Waals surface area contributed by atoms with Gasteiger partial charge in [0.1, 0.15) is 0 Å². The largest absolute Gasteiger partial charge is 0.493 e. The number of amides is 1. The van der Waals surface area contributed by atoms with Crippen molar-refractivity contribution in [3.05, 3.63) is 36.4 Å². The number of carbonyl (C=O) groups excluding carboxylic acids is 1. The predicted molar refractivity (Wildman–Crippen MR) is 111 cm³/mol. The minimum Gasteiger partial charge on any atom is -0.493 e. The van der Waals surface area contributed by atoms with Crippen molar-refractivity contribution in [2.45, 2.75) is 12.8 Å². The molecule has 1 unspecified atom stereocenters. The molecule has 1 amide bonds. The van der Waals surface area contributed by atoms with E-state index in [4.69, 9.17) is 20.3 Å². The molecule has 0 aromatic heterocycles. The molecule has 3 N–H and O–H groups in total. The topological polar surface area (TPSA) is 108 Å². The number of hydrogen-bond donors (Lipinski definition) is 3. The molecule has 1 atom stereocenters. The van der Waals surface area contributed by atoms with Gasteiger partial charge in [0, 0.05) is 17.8 Å². The van der Waals surface area contributed by atoms with E-state index >= 15 is 0 Å². The quantitative estimate of drug-likeness (QED) is 0.631. The minimum absolute atomic E-state index is 0.105. The number of hydrogen-bond acceptors (Lipinski definition) is 6. The normalized spacial score (nSPS) is 14.1. The maximum atomic E-state index is 12.4. The van der Waals surface area contributed by atoms with Crippen LogP contribution in [0.1, 0.15) is 12.8 Å². The Morgan fingerprint density at radius 3 is 2.50 bits per heavy atom. The minimum atomic E-state index is -0.347. The van der Waals surface area contributed by atoms with E-state index < -0.39 is 0 Å². The molecule has 0 fully saturated rings. The Kier molecular flexibility index (Phi) is 5.84. The zero-order valence-electron chi connectivity index (χ0n) is 15.8. The van der Waals surface area contributed by atoms with Gasteiger partial charge < -0.3 is 25.6 Å². The molecule has 28 heavy (non-hydrogen) atoms. The van der Waals surface area contributed by atoms with Crippen molar-refractivity contribution in [3.8, 4) is 22.6 Å². The molecule has 0 saturated carbocycles. The molecule has 144 valence electrons. The third-order valence-electron chi connectivity index (χ3n) is 4.59. The van der Waals surface area contributed by atoms with Crippen molar-refractivity contribution in [1.82, 2.24) is 0 Å². The van der Waals surface area contributed by atoms with Gasteiger partial charge in [-0.25, -0.2) is 0 Å². The number of fused-ring (bicyclic) bond motifs is 1. The maximum Gasteiger partial charge on any atom is 0.230 e. The lowest BCUT2D eigenvalue weighted by molar-refractivity contribution is -0.115. The van der Waals surface area contributed by atoms with E-state index in [0.717, 1.165) is 11.1 Å². The molecule has 1 aliphatic heterocycles. The van der Waals surface area contributed by atoms with E-state index in [-0.39, 0.29) is 18.2 Å². The van der Waals surface area contributed by atoms with Crippen molar-refractivity contribution in [2.24, 2.45) is 10.9 Å². The highest BCUT2D eigenvalue weighted by Gasteiger charge is 2.21. The number of ether oxygens (including phenoxy) is 2. The van der Waals surface area contributed by atoms with Gasteiger partial charge in [-0.05, 0) is 48.0 Å². The Morgan fingerprint density at radius 2 is 1.82 bits per heavy atom. The molecule has 3 rings (SSSR count). The average molecular weight is 378 g/mol. The highest BCUT2D eigenvalue weighted by Crippen LogP contribution is 2.37. The summed E-state index contributed by atoms with van der Waals surface area (Å²) < 4.78 is 10.6. The Labute approximate surface area is 163 Å². The highest BCUT2D eigenvalue weighted by atomic mass is 16.5. The van der Waals surface area contributed by atoms with Crippen LogP contribution in [0, 0.1) is 16.7 Å². The summed E-state index contributed by atoms with van der Waals surface area (Å²) >= 11 is 0. The van der Waals surface area contributed by atoms with E-state index in [1.54, 1.807) is 14.2 Å². The number of methoxy groups -OCH3 is 2. The van der Waals surface area contributed by atoms with E-state index in [2.05, 4.69) is 10.3 Å². The standard InChI is InChI=1S/C21H22N4O3/c1-27-19-6-4-14(10-20(19)28-2)13-3-5-16-18(9-13)25-21(26)11-17(24-16)15(12-23)7-8-22/h3-6,8-10,12,15,22-23H,7,11H2,1-2H3,(H,25,26). The van der Waals surface area contributed by atoms with Crippen molar-refractivity contribution in [2.75, 3.05) is 19.5 Å². The van der Waals surface area contributed by atoms with Crippen LogP contribution in [0.2, 0.25) is 0 Å². The van der Waals surface area contributed by atoms with Gasteiger partial charge in [-0.15, -0.1) is 0 Å². The molecule has 1 heterocycles. The molecule has 1 aliphatic rings. The summed E-state index contributed by atoms with van der Waals surface area (Å²) in [6, 6.07) is 11.3. The van der Waals surface area contributed by atoms with Crippen molar-refractivity contribution >= 4 is 35.4 Å². The SMILES string of the molecule is COc1ccc(-c2ccc3c(c2)NC(=O)CC(C(C=N)CC=N)=N3)cc1OC. The molecular formula is C21H22N4O3. The maximum absolute atomic E-state index is 12.4. The first-order valence-electron chi connectivity index (χ1n) is 8.83. The number of rotatable bonds is 7. The molecule has 7 nitrogen and oxygen atoms in total. The van der Waals surface area contributed by atoms with Gasteiger partial charge in [0.05, 0.1) is 32.0 Å². The second kappa shape index (κ2) is 8.47. The summed E-state index contributed by atoms with van der Waals surface area (Å²) in [5, 5.41) is 17.8. The van der Waals surface area contributed by atoms with Crippen molar-refractivity contribution < 1.29 is 14.3 Å². The fourth-order valence-corrected chi connectivity index (χ4v) is 3.12. The zero-order valence-corrected chi connectivity index (χ0v) is 15.8. The van der Waals surface area contributed by atoms with Crippen LogP contribution < -0.4 is 14.8 Å². The third kappa shape index (κ3) is 3.93. The molecule has 2 aromatic rings. The van der Waals surface area contributed by atoms with Gasteiger partial charge in [-0.1, -0.05) is 12.1 Å². The van der Waals surface area contributed by atoms with Crippen LogP contribution >= 0.6 is 0 Å². The molecule has 0 spiro atoms. The highest BCUT2D eigenvalue weighted by molar-refractivity contribution is 6.15. The van der Waals surface area contributed by atoms with Gasteiger partial charge >= 0.3 is 0 Å². The Bertz CT molecular complexity index is 953. The first kappa shape index (κ1) is 19.3. The van der Waals surface area contributed by atoms with Gasteiger partial charge in [0.2, 0.25) is 5.91 Å². The van der Waals surface area contributed by atoms with Crippen LogP contribution in [-0.4, -0.2) is 38.3 Å². The van der Waals surface area contributed by atoms with E-state index in [1.807, 2.05) is 36.4 Å². The number of nitrogens with one attached hydrogen (secondary N) is 3.